The number of carbonyl (C=O) groups excluding carboxylic acids is 1. The molecular formula is C25H19NO7. The van der Waals surface area contributed by atoms with E-state index < -0.39 is 10.9 Å². The summed E-state index contributed by atoms with van der Waals surface area (Å²) in [6.45, 7) is 0.301. The lowest BCUT2D eigenvalue weighted by Gasteiger charge is -2.14. The number of ether oxygens (including phenoxy) is 3. The van der Waals surface area contributed by atoms with Crippen LogP contribution in [-0.4, -0.2) is 29.2 Å². The van der Waals surface area contributed by atoms with Crippen LogP contribution in [0.25, 0.3) is 10.8 Å². The van der Waals surface area contributed by atoms with Crippen molar-refractivity contribution in [1.82, 2.24) is 0 Å². The molecule has 8 nitrogen and oxygen atoms in total. The Labute approximate surface area is 188 Å². The number of benzene rings is 4. The van der Waals surface area contributed by atoms with E-state index >= 15 is 0 Å². The number of nitro benzene ring substituents is 1. The smallest absolute Gasteiger partial charge is 0.347 e. The molecule has 0 heterocycles. The van der Waals surface area contributed by atoms with Gasteiger partial charge in [-0.3, -0.25) is 10.1 Å². The van der Waals surface area contributed by atoms with Crippen molar-refractivity contribution in [3.05, 3.63) is 101 Å². The highest BCUT2D eigenvalue weighted by molar-refractivity contribution is 6.04. The number of phenolic OH excluding ortho intramolecular Hbond substituents is 1. The first-order valence-corrected chi connectivity index (χ1v) is 10.0. The third kappa shape index (κ3) is 5.01. The van der Waals surface area contributed by atoms with Crippen LogP contribution in [-0.2, 0) is 0 Å². The molecule has 0 aromatic heterocycles. The minimum atomic E-state index is -0.712. The first-order chi connectivity index (χ1) is 16.0. The number of nitro groups is 1. The zero-order valence-electron chi connectivity index (χ0n) is 17.3. The molecule has 0 aliphatic rings. The number of phenols is 1. The third-order valence-electron chi connectivity index (χ3n) is 4.81. The quantitative estimate of drug-likeness (QED) is 0.132. The van der Waals surface area contributed by atoms with Gasteiger partial charge in [-0.25, -0.2) is 4.79 Å². The molecule has 0 bridgehead atoms. The second-order valence-electron chi connectivity index (χ2n) is 6.97. The Kier molecular flexibility index (Phi) is 6.36. The molecule has 4 aromatic carbocycles. The Bertz CT molecular complexity index is 1290. The second-order valence-corrected chi connectivity index (χ2v) is 6.97. The Morgan fingerprint density at radius 1 is 0.818 bits per heavy atom. The molecule has 4 rings (SSSR count). The van der Waals surface area contributed by atoms with Crippen LogP contribution in [0.2, 0.25) is 0 Å². The molecule has 0 spiro atoms. The fraction of sp³-hybridized carbons (Fsp3) is 0.0800. The highest BCUT2D eigenvalue weighted by Crippen LogP contribution is 2.36. The molecule has 1 N–H and O–H groups in total. The summed E-state index contributed by atoms with van der Waals surface area (Å²) in [6.07, 6.45) is 0. The molecular weight excluding hydrogens is 426 g/mol. The lowest BCUT2D eigenvalue weighted by atomic mass is 10.0. The van der Waals surface area contributed by atoms with E-state index in [9.17, 15) is 20.0 Å². The van der Waals surface area contributed by atoms with Crippen molar-refractivity contribution in [3.8, 4) is 23.0 Å². The van der Waals surface area contributed by atoms with Crippen molar-refractivity contribution >= 4 is 22.4 Å². The van der Waals surface area contributed by atoms with E-state index in [1.807, 2.05) is 0 Å². The fourth-order valence-corrected chi connectivity index (χ4v) is 3.23. The molecule has 0 fully saturated rings. The number of hydrogen-bond donors (Lipinski definition) is 1. The summed E-state index contributed by atoms with van der Waals surface area (Å²) in [5.41, 5.74) is -0.0482. The Morgan fingerprint density at radius 3 is 2.15 bits per heavy atom. The summed E-state index contributed by atoms with van der Waals surface area (Å²) < 4.78 is 16.8. The van der Waals surface area contributed by atoms with Gasteiger partial charge < -0.3 is 19.3 Å². The predicted octanol–water partition coefficient (Wildman–Crippen LogP) is 5.13. The molecule has 33 heavy (non-hydrogen) atoms. The molecule has 166 valence electrons. The predicted molar refractivity (Wildman–Crippen MR) is 121 cm³/mol. The highest BCUT2D eigenvalue weighted by Gasteiger charge is 2.19. The second kappa shape index (κ2) is 9.69. The zero-order chi connectivity index (χ0) is 23.2. The maximum atomic E-state index is 12.7. The maximum Gasteiger partial charge on any atom is 0.347 e. The van der Waals surface area contributed by atoms with Gasteiger partial charge in [-0.1, -0.05) is 42.5 Å². The first kappa shape index (κ1) is 21.6. The van der Waals surface area contributed by atoms with Crippen LogP contribution in [0.15, 0.2) is 84.9 Å². The normalized spacial score (nSPS) is 10.5. The molecule has 0 saturated carbocycles. The van der Waals surface area contributed by atoms with Crippen LogP contribution >= 0.6 is 0 Å². The van der Waals surface area contributed by atoms with Crippen molar-refractivity contribution < 1.29 is 29.0 Å². The van der Waals surface area contributed by atoms with Gasteiger partial charge in [-0.05, 0) is 30.3 Å². The van der Waals surface area contributed by atoms with E-state index in [0.717, 1.165) is 0 Å². The van der Waals surface area contributed by atoms with E-state index in [1.165, 1.54) is 30.3 Å². The molecule has 8 heteroatoms. The largest absolute Gasteiger partial charge is 0.506 e. The molecule has 0 atom stereocenters. The van der Waals surface area contributed by atoms with E-state index in [1.54, 1.807) is 54.6 Å². The highest BCUT2D eigenvalue weighted by atomic mass is 16.6. The SMILES string of the molecule is O=C(Oc1ccccc1)c1cc(OCCOc2ccc([N+](=O)[O-])cc2)c2ccccc2c1O. The van der Waals surface area contributed by atoms with E-state index in [0.29, 0.717) is 28.0 Å². The summed E-state index contributed by atoms with van der Waals surface area (Å²) in [6, 6.07) is 22.7. The van der Waals surface area contributed by atoms with Crippen molar-refractivity contribution in [2.45, 2.75) is 0 Å². The summed E-state index contributed by atoms with van der Waals surface area (Å²) in [7, 11) is 0. The number of esters is 1. The number of carbonyl (C=O) groups is 1. The summed E-state index contributed by atoms with van der Waals surface area (Å²) in [5, 5.41) is 22.5. The maximum absolute atomic E-state index is 12.7. The van der Waals surface area contributed by atoms with Crippen molar-refractivity contribution in [2.75, 3.05) is 13.2 Å². The topological polar surface area (TPSA) is 108 Å². The van der Waals surface area contributed by atoms with E-state index in [-0.39, 0.29) is 30.2 Å². The van der Waals surface area contributed by atoms with Crippen molar-refractivity contribution in [1.29, 1.82) is 0 Å². The minimum Gasteiger partial charge on any atom is -0.506 e. The van der Waals surface area contributed by atoms with Gasteiger partial charge in [-0.2, -0.15) is 0 Å². The van der Waals surface area contributed by atoms with E-state index in [4.69, 9.17) is 14.2 Å². The average molecular weight is 445 g/mol. The summed E-state index contributed by atoms with van der Waals surface area (Å²) in [5.74, 6) is 0.300. The monoisotopic (exact) mass is 445 g/mol. The number of para-hydroxylation sites is 1. The third-order valence-corrected chi connectivity index (χ3v) is 4.81. The van der Waals surface area contributed by atoms with Crippen LogP contribution in [0.3, 0.4) is 0 Å². The molecule has 0 radical (unpaired) electrons. The van der Waals surface area contributed by atoms with Gasteiger partial charge in [0.15, 0.2) is 0 Å². The molecule has 0 saturated heterocycles. The van der Waals surface area contributed by atoms with Crippen LogP contribution in [0, 0.1) is 10.1 Å². The number of rotatable bonds is 8. The van der Waals surface area contributed by atoms with E-state index in [2.05, 4.69) is 0 Å². The molecule has 0 amide bonds. The number of non-ortho nitro benzene ring substituents is 1. The standard InChI is InChI=1S/C25H19NO7/c27-24-21-9-5-4-8-20(21)23(16-22(24)25(28)33-19-6-2-1-3-7-19)32-15-14-31-18-12-10-17(11-13-18)26(29)30/h1-13,16,27H,14-15H2. The number of fused-ring (bicyclic) bond motifs is 1. The van der Waals surface area contributed by atoms with Gasteiger partial charge in [-0.15, -0.1) is 0 Å². The number of hydrogen-bond acceptors (Lipinski definition) is 7. The van der Waals surface area contributed by atoms with Crippen molar-refractivity contribution in [2.24, 2.45) is 0 Å². The van der Waals surface area contributed by atoms with Gasteiger partial charge in [0.2, 0.25) is 0 Å². The Hall–Kier alpha value is -4.59. The first-order valence-electron chi connectivity index (χ1n) is 10.0. The zero-order valence-corrected chi connectivity index (χ0v) is 17.3. The summed E-state index contributed by atoms with van der Waals surface area (Å²) >= 11 is 0. The summed E-state index contributed by atoms with van der Waals surface area (Å²) in [4.78, 5) is 23.0. The van der Waals surface area contributed by atoms with Gasteiger partial charge in [0, 0.05) is 22.9 Å². The molecule has 0 unspecified atom stereocenters. The molecule has 4 aromatic rings. The lowest BCUT2D eigenvalue weighted by molar-refractivity contribution is -0.384. The Balaban J connectivity index is 1.50. The van der Waals surface area contributed by atoms with Gasteiger partial charge in [0.1, 0.15) is 41.8 Å². The molecule has 0 aliphatic heterocycles. The minimum absolute atomic E-state index is 0.0240. The average Bonchev–Trinajstić information content (AvgIpc) is 2.84. The van der Waals surface area contributed by atoms with Crippen LogP contribution in [0.1, 0.15) is 10.4 Å². The van der Waals surface area contributed by atoms with Gasteiger partial charge >= 0.3 is 5.97 Å². The van der Waals surface area contributed by atoms with Gasteiger partial charge in [0.25, 0.3) is 5.69 Å². The van der Waals surface area contributed by atoms with Gasteiger partial charge in [0.05, 0.1) is 4.92 Å². The fourth-order valence-electron chi connectivity index (χ4n) is 3.23. The Morgan fingerprint density at radius 2 is 1.45 bits per heavy atom. The number of aromatic hydroxyl groups is 1. The lowest BCUT2D eigenvalue weighted by Crippen LogP contribution is -2.12. The number of nitrogens with zero attached hydrogens (tertiary/aromatic N) is 1. The van der Waals surface area contributed by atoms with Crippen LogP contribution < -0.4 is 14.2 Å². The van der Waals surface area contributed by atoms with Crippen LogP contribution in [0.5, 0.6) is 23.0 Å². The van der Waals surface area contributed by atoms with Crippen molar-refractivity contribution in [3.63, 3.8) is 0 Å². The molecule has 0 aliphatic carbocycles. The van der Waals surface area contributed by atoms with Crippen LogP contribution in [0.4, 0.5) is 5.69 Å².